The first-order valence-corrected chi connectivity index (χ1v) is 12.3. The van der Waals surface area contributed by atoms with Crippen LogP contribution in [0.15, 0.2) is 47.4 Å². The summed E-state index contributed by atoms with van der Waals surface area (Å²) >= 11 is 6.65. The molecule has 2 aromatic rings. The van der Waals surface area contributed by atoms with Gasteiger partial charge in [0.05, 0.1) is 17.6 Å². The maximum absolute atomic E-state index is 12.8. The Bertz CT molecular complexity index is 1180. The fraction of sp³-hybridized carbons (Fsp3) is 0.280. The highest BCUT2D eigenvalue weighted by molar-refractivity contribution is 8.26. The summed E-state index contributed by atoms with van der Waals surface area (Å²) in [5.74, 6) is 0.685. The van der Waals surface area contributed by atoms with Gasteiger partial charge >= 0.3 is 5.97 Å². The van der Waals surface area contributed by atoms with Crippen LogP contribution >= 0.6 is 24.0 Å². The van der Waals surface area contributed by atoms with Crippen molar-refractivity contribution in [3.05, 3.63) is 58.5 Å². The van der Waals surface area contributed by atoms with E-state index in [1.807, 2.05) is 0 Å². The van der Waals surface area contributed by atoms with Gasteiger partial charge in [-0.3, -0.25) is 14.5 Å². The molecule has 0 atom stereocenters. The van der Waals surface area contributed by atoms with Gasteiger partial charge in [0.15, 0.2) is 11.5 Å². The van der Waals surface area contributed by atoms with Crippen LogP contribution in [0.2, 0.25) is 0 Å². The van der Waals surface area contributed by atoms with Gasteiger partial charge in [0.2, 0.25) is 12.7 Å². The van der Waals surface area contributed by atoms with Crippen LogP contribution in [0.1, 0.15) is 41.6 Å². The van der Waals surface area contributed by atoms with E-state index >= 15 is 0 Å². The molecule has 0 spiro atoms. The highest BCUT2D eigenvalue weighted by Gasteiger charge is 2.31. The Hall–Kier alpha value is -3.37. The molecule has 2 amide bonds. The number of fused-ring (bicyclic) bond motifs is 1. The molecule has 35 heavy (non-hydrogen) atoms. The van der Waals surface area contributed by atoms with Gasteiger partial charge in [-0.25, -0.2) is 4.79 Å². The molecule has 0 aromatic heterocycles. The van der Waals surface area contributed by atoms with E-state index in [1.165, 1.54) is 18.9 Å². The molecule has 4 rings (SSSR count). The van der Waals surface area contributed by atoms with Crippen molar-refractivity contribution < 1.29 is 28.6 Å². The summed E-state index contributed by atoms with van der Waals surface area (Å²) in [6.07, 6.45) is 4.38. The SMILES string of the molecule is COC(=O)c1ccc(C=C2SC(=S)N(CCCCCC(=O)Nc3ccc4c(c3)OCO4)C2=O)cc1. The number of nitrogens with zero attached hydrogens (tertiary/aromatic N) is 1. The van der Waals surface area contributed by atoms with Crippen LogP contribution in [0.5, 0.6) is 11.5 Å². The van der Waals surface area contributed by atoms with Crippen molar-refractivity contribution in [1.82, 2.24) is 4.90 Å². The molecule has 2 aliphatic heterocycles. The van der Waals surface area contributed by atoms with Gasteiger partial charge in [-0.05, 0) is 48.7 Å². The van der Waals surface area contributed by atoms with Gasteiger partial charge < -0.3 is 19.5 Å². The number of methoxy groups -OCH3 is 1. The molecule has 182 valence electrons. The Morgan fingerprint density at radius 2 is 1.89 bits per heavy atom. The third kappa shape index (κ3) is 6.20. The number of thiocarbonyl (C=S) groups is 1. The van der Waals surface area contributed by atoms with E-state index in [4.69, 9.17) is 26.4 Å². The van der Waals surface area contributed by atoms with Crippen LogP contribution in [-0.2, 0) is 14.3 Å². The minimum absolute atomic E-state index is 0.0735. The third-order valence-electron chi connectivity index (χ3n) is 5.45. The Balaban J connectivity index is 1.20. The predicted molar refractivity (Wildman–Crippen MR) is 137 cm³/mol. The zero-order valence-corrected chi connectivity index (χ0v) is 20.7. The lowest BCUT2D eigenvalue weighted by Crippen LogP contribution is -2.29. The van der Waals surface area contributed by atoms with Crippen molar-refractivity contribution >= 4 is 57.8 Å². The average molecular weight is 513 g/mol. The number of carbonyl (C=O) groups excluding carboxylic acids is 3. The summed E-state index contributed by atoms with van der Waals surface area (Å²) in [6, 6.07) is 12.1. The molecule has 1 N–H and O–H groups in total. The number of carbonyl (C=O) groups is 3. The summed E-state index contributed by atoms with van der Waals surface area (Å²) in [4.78, 5) is 38.7. The van der Waals surface area contributed by atoms with Crippen LogP contribution in [0, 0.1) is 0 Å². The smallest absolute Gasteiger partial charge is 0.337 e. The zero-order chi connectivity index (χ0) is 24.8. The topological polar surface area (TPSA) is 94.2 Å². The van der Waals surface area contributed by atoms with E-state index in [1.54, 1.807) is 53.4 Å². The van der Waals surface area contributed by atoms with Gasteiger partial charge in [-0.15, -0.1) is 0 Å². The first kappa shape index (κ1) is 24.7. The number of anilines is 1. The van der Waals surface area contributed by atoms with Gasteiger partial charge in [-0.2, -0.15) is 0 Å². The number of amides is 2. The second-order valence-electron chi connectivity index (χ2n) is 7.87. The number of hydrogen-bond donors (Lipinski definition) is 1. The second kappa shape index (κ2) is 11.4. The van der Waals surface area contributed by atoms with Crippen molar-refractivity contribution in [2.24, 2.45) is 0 Å². The predicted octanol–water partition coefficient (Wildman–Crippen LogP) is 4.60. The van der Waals surface area contributed by atoms with Crippen LogP contribution in [-0.4, -0.2) is 47.5 Å². The van der Waals surface area contributed by atoms with Crippen LogP contribution < -0.4 is 14.8 Å². The normalized spacial score (nSPS) is 15.6. The van der Waals surface area contributed by atoms with E-state index in [0.29, 0.717) is 51.4 Å². The van der Waals surface area contributed by atoms with E-state index in [0.717, 1.165) is 18.4 Å². The molecule has 2 heterocycles. The number of unbranched alkanes of at least 4 members (excludes halogenated alkanes) is 2. The molecular formula is C25H24N2O6S2. The fourth-order valence-electron chi connectivity index (χ4n) is 3.61. The quantitative estimate of drug-likeness (QED) is 0.225. The van der Waals surface area contributed by atoms with Crippen molar-refractivity contribution in [1.29, 1.82) is 0 Å². The Morgan fingerprint density at radius 1 is 1.11 bits per heavy atom. The van der Waals surface area contributed by atoms with Crippen molar-refractivity contribution in [2.75, 3.05) is 25.8 Å². The number of thioether (sulfide) groups is 1. The number of esters is 1. The Morgan fingerprint density at radius 3 is 2.66 bits per heavy atom. The number of nitrogens with one attached hydrogen (secondary N) is 1. The molecule has 0 unspecified atom stereocenters. The first-order valence-electron chi connectivity index (χ1n) is 11.1. The number of benzene rings is 2. The van der Waals surface area contributed by atoms with E-state index < -0.39 is 5.97 Å². The molecule has 0 saturated carbocycles. The van der Waals surface area contributed by atoms with Gasteiger partial charge in [0.25, 0.3) is 5.91 Å². The molecule has 2 aliphatic rings. The lowest BCUT2D eigenvalue weighted by Gasteiger charge is -2.14. The number of hydrogen-bond acceptors (Lipinski definition) is 8. The molecule has 0 aliphatic carbocycles. The van der Waals surface area contributed by atoms with Gasteiger partial charge in [0.1, 0.15) is 4.32 Å². The summed E-state index contributed by atoms with van der Waals surface area (Å²) in [5.41, 5.74) is 1.91. The lowest BCUT2D eigenvalue weighted by molar-refractivity contribution is -0.122. The third-order valence-corrected chi connectivity index (χ3v) is 6.82. The van der Waals surface area contributed by atoms with Crippen LogP contribution in [0.25, 0.3) is 6.08 Å². The molecule has 8 nitrogen and oxygen atoms in total. The van der Waals surface area contributed by atoms with Crippen molar-refractivity contribution in [3.63, 3.8) is 0 Å². The van der Waals surface area contributed by atoms with Crippen molar-refractivity contribution in [2.45, 2.75) is 25.7 Å². The Kier molecular flexibility index (Phi) is 8.04. The molecule has 10 heteroatoms. The second-order valence-corrected chi connectivity index (χ2v) is 9.55. The summed E-state index contributed by atoms with van der Waals surface area (Å²) < 4.78 is 15.8. The van der Waals surface area contributed by atoms with E-state index in [-0.39, 0.29) is 18.6 Å². The molecular weight excluding hydrogens is 488 g/mol. The van der Waals surface area contributed by atoms with E-state index in [9.17, 15) is 14.4 Å². The minimum atomic E-state index is -0.409. The molecule has 1 fully saturated rings. The standard InChI is InChI=1S/C25H24N2O6S2/c1-31-24(30)17-8-6-16(7-9-17)13-21-23(29)27(25(34)35-21)12-4-2-3-5-22(28)26-18-10-11-19-20(14-18)33-15-32-19/h6-11,13-14H,2-5,12,15H2,1H3,(H,26,28). The number of rotatable bonds is 9. The number of ether oxygens (including phenoxy) is 3. The molecule has 0 bridgehead atoms. The average Bonchev–Trinajstić information content (AvgIpc) is 3.43. The molecule has 1 saturated heterocycles. The Labute approximate surface area is 212 Å². The highest BCUT2D eigenvalue weighted by Crippen LogP contribution is 2.34. The maximum Gasteiger partial charge on any atom is 0.337 e. The van der Waals surface area contributed by atoms with Crippen LogP contribution in [0.3, 0.4) is 0 Å². The van der Waals surface area contributed by atoms with Crippen molar-refractivity contribution in [3.8, 4) is 11.5 Å². The molecule has 0 radical (unpaired) electrons. The van der Waals surface area contributed by atoms with Crippen LogP contribution in [0.4, 0.5) is 5.69 Å². The largest absolute Gasteiger partial charge is 0.465 e. The summed E-state index contributed by atoms with van der Waals surface area (Å²) in [6.45, 7) is 0.697. The summed E-state index contributed by atoms with van der Waals surface area (Å²) in [7, 11) is 1.33. The maximum atomic E-state index is 12.8. The lowest BCUT2D eigenvalue weighted by atomic mass is 10.1. The molecule has 2 aromatic carbocycles. The van der Waals surface area contributed by atoms with Gasteiger partial charge in [-0.1, -0.05) is 42.5 Å². The van der Waals surface area contributed by atoms with E-state index in [2.05, 4.69) is 5.32 Å². The minimum Gasteiger partial charge on any atom is -0.465 e. The highest BCUT2D eigenvalue weighted by atomic mass is 32.2. The first-order chi connectivity index (χ1) is 16.9. The summed E-state index contributed by atoms with van der Waals surface area (Å²) in [5, 5.41) is 2.86. The van der Waals surface area contributed by atoms with Gasteiger partial charge in [0, 0.05) is 24.7 Å². The fourth-order valence-corrected chi connectivity index (χ4v) is 4.92. The zero-order valence-electron chi connectivity index (χ0n) is 19.1. The monoisotopic (exact) mass is 512 g/mol.